The molecule has 1 aromatic heterocycles. The lowest BCUT2D eigenvalue weighted by atomic mass is 10.1. The molecule has 2 heterocycles. The molecule has 3 rings (SSSR count). The van der Waals surface area contributed by atoms with Crippen molar-refractivity contribution in [3.8, 4) is 0 Å². The molecule has 10 heteroatoms. The zero-order valence-corrected chi connectivity index (χ0v) is 18.4. The first-order valence-corrected chi connectivity index (χ1v) is 11.5. The zero-order valence-electron chi connectivity index (χ0n) is 16.8. The van der Waals surface area contributed by atoms with Gasteiger partial charge < -0.3 is 15.4 Å². The van der Waals surface area contributed by atoms with Crippen molar-refractivity contribution in [2.75, 3.05) is 11.9 Å². The Morgan fingerprint density at radius 3 is 2.83 bits per heavy atom. The summed E-state index contributed by atoms with van der Waals surface area (Å²) in [5, 5.41) is 9.26. The van der Waals surface area contributed by atoms with Gasteiger partial charge in [-0.2, -0.15) is 0 Å². The smallest absolute Gasteiger partial charge is 0.350 e. The summed E-state index contributed by atoms with van der Waals surface area (Å²) in [6.45, 7) is 3.70. The second kappa shape index (κ2) is 10.6. The summed E-state index contributed by atoms with van der Waals surface area (Å²) >= 11 is 2.65. The number of hydrogen-bond donors (Lipinski definition) is 3. The van der Waals surface area contributed by atoms with Crippen LogP contribution in [0.4, 0.5) is 5.13 Å². The number of aromatic nitrogens is 1. The number of nitrogens with one attached hydrogen (secondary N) is 3. The van der Waals surface area contributed by atoms with E-state index in [-0.39, 0.29) is 42.8 Å². The quantitative estimate of drug-likeness (QED) is 0.533. The van der Waals surface area contributed by atoms with Gasteiger partial charge in [-0.25, -0.2) is 9.78 Å². The average molecular weight is 449 g/mol. The number of esters is 1. The maximum Gasteiger partial charge on any atom is 0.350 e. The van der Waals surface area contributed by atoms with Crippen LogP contribution in [0.15, 0.2) is 30.3 Å². The van der Waals surface area contributed by atoms with E-state index in [1.807, 2.05) is 30.3 Å². The summed E-state index contributed by atoms with van der Waals surface area (Å²) < 4.78 is 4.99. The number of carbonyl (C=O) groups is 3. The van der Waals surface area contributed by atoms with Crippen LogP contribution in [0.5, 0.6) is 0 Å². The number of anilines is 1. The van der Waals surface area contributed by atoms with Gasteiger partial charge in [-0.1, -0.05) is 41.7 Å². The maximum absolute atomic E-state index is 12.5. The SMILES string of the molecule is CCOC(=O)c1sc(NC(=O)CC2CC(=O)NC(SCc3ccccc3)N2)nc1C. The monoisotopic (exact) mass is 448 g/mol. The highest BCUT2D eigenvalue weighted by Gasteiger charge is 2.28. The van der Waals surface area contributed by atoms with Crippen LogP contribution in [0.3, 0.4) is 0 Å². The summed E-state index contributed by atoms with van der Waals surface area (Å²) in [5.74, 6) is -0.0610. The number of benzene rings is 1. The summed E-state index contributed by atoms with van der Waals surface area (Å²) in [6, 6.07) is 9.69. The normalized spacial score (nSPS) is 18.5. The Morgan fingerprint density at radius 2 is 2.10 bits per heavy atom. The Hall–Kier alpha value is -2.43. The number of ether oxygens (including phenoxy) is 1. The summed E-state index contributed by atoms with van der Waals surface area (Å²) in [7, 11) is 0. The minimum absolute atomic E-state index is 0.0909. The number of thioether (sulfide) groups is 1. The van der Waals surface area contributed by atoms with Crippen molar-refractivity contribution in [1.29, 1.82) is 0 Å². The van der Waals surface area contributed by atoms with Crippen molar-refractivity contribution in [1.82, 2.24) is 15.6 Å². The minimum atomic E-state index is -0.447. The van der Waals surface area contributed by atoms with Gasteiger partial charge in [0.25, 0.3) is 0 Å². The van der Waals surface area contributed by atoms with E-state index in [1.54, 1.807) is 25.6 Å². The van der Waals surface area contributed by atoms with Crippen molar-refractivity contribution in [3.63, 3.8) is 0 Å². The van der Waals surface area contributed by atoms with E-state index in [4.69, 9.17) is 4.74 Å². The fourth-order valence-corrected chi connectivity index (χ4v) is 4.88. The average Bonchev–Trinajstić information content (AvgIpc) is 3.07. The highest BCUT2D eigenvalue weighted by molar-refractivity contribution is 7.99. The standard InChI is InChI=1S/C20H24N4O4S2/c1-3-28-18(27)17-12(2)21-20(30-17)24-16(26)10-14-9-15(25)23-19(22-14)29-11-13-7-5-4-6-8-13/h4-8,14,19,22H,3,9-11H2,1-2H3,(H,23,25)(H,21,24,26). The Balaban J connectivity index is 1.52. The van der Waals surface area contributed by atoms with Crippen LogP contribution in [0.2, 0.25) is 0 Å². The largest absolute Gasteiger partial charge is 0.462 e. The van der Waals surface area contributed by atoms with Gasteiger partial charge in [0.1, 0.15) is 10.4 Å². The zero-order chi connectivity index (χ0) is 21.5. The maximum atomic E-state index is 12.5. The fraction of sp³-hybridized carbons (Fsp3) is 0.400. The fourth-order valence-electron chi connectivity index (χ4n) is 2.95. The minimum Gasteiger partial charge on any atom is -0.462 e. The van der Waals surface area contributed by atoms with E-state index < -0.39 is 5.97 Å². The number of thiazole rings is 1. The van der Waals surface area contributed by atoms with Crippen molar-refractivity contribution in [3.05, 3.63) is 46.5 Å². The van der Waals surface area contributed by atoms with Gasteiger partial charge in [0, 0.05) is 24.6 Å². The Morgan fingerprint density at radius 1 is 1.33 bits per heavy atom. The van der Waals surface area contributed by atoms with Gasteiger partial charge in [-0.15, -0.1) is 11.8 Å². The van der Waals surface area contributed by atoms with E-state index in [2.05, 4.69) is 20.9 Å². The number of carbonyl (C=O) groups excluding carboxylic acids is 3. The van der Waals surface area contributed by atoms with Gasteiger partial charge in [0.05, 0.1) is 12.3 Å². The topological polar surface area (TPSA) is 109 Å². The van der Waals surface area contributed by atoms with Crippen LogP contribution in [-0.2, 0) is 20.1 Å². The summed E-state index contributed by atoms with van der Waals surface area (Å²) in [5.41, 5.74) is 1.41. The van der Waals surface area contributed by atoms with E-state index in [9.17, 15) is 14.4 Å². The molecule has 8 nitrogen and oxygen atoms in total. The van der Waals surface area contributed by atoms with Crippen LogP contribution < -0.4 is 16.0 Å². The molecule has 30 heavy (non-hydrogen) atoms. The van der Waals surface area contributed by atoms with Crippen molar-refractivity contribution >= 4 is 46.0 Å². The highest BCUT2D eigenvalue weighted by Crippen LogP contribution is 2.24. The van der Waals surface area contributed by atoms with Crippen LogP contribution in [0.25, 0.3) is 0 Å². The second-order valence-electron chi connectivity index (χ2n) is 6.72. The molecule has 160 valence electrons. The molecule has 2 atom stereocenters. The third-order valence-corrected chi connectivity index (χ3v) is 6.45. The molecule has 0 radical (unpaired) electrons. The van der Waals surface area contributed by atoms with Crippen LogP contribution in [-0.4, -0.2) is 40.9 Å². The molecular weight excluding hydrogens is 424 g/mol. The predicted molar refractivity (Wildman–Crippen MR) is 117 cm³/mol. The Bertz CT molecular complexity index is 903. The number of rotatable bonds is 8. The molecule has 0 bridgehead atoms. The lowest BCUT2D eigenvalue weighted by Gasteiger charge is -2.30. The lowest BCUT2D eigenvalue weighted by Crippen LogP contribution is -2.55. The van der Waals surface area contributed by atoms with Crippen molar-refractivity contribution in [2.24, 2.45) is 0 Å². The summed E-state index contributed by atoms with van der Waals surface area (Å²) in [4.78, 5) is 41.0. The highest BCUT2D eigenvalue weighted by atomic mass is 32.2. The number of amides is 2. The Labute approximate surface area is 183 Å². The van der Waals surface area contributed by atoms with Crippen molar-refractivity contribution < 1.29 is 19.1 Å². The molecule has 1 aliphatic heterocycles. The third kappa shape index (κ3) is 6.28. The molecule has 1 saturated heterocycles. The van der Waals surface area contributed by atoms with Crippen LogP contribution in [0, 0.1) is 6.92 Å². The molecule has 0 spiro atoms. The third-order valence-electron chi connectivity index (χ3n) is 4.31. The molecule has 2 aromatic rings. The van der Waals surface area contributed by atoms with E-state index in [0.717, 1.165) is 22.7 Å². The first kappa shape index (κ1) is 22.3. The van der Waals surface area contributed by atoms with Gasteiger partial charge in [0.2, 0.25) is 11.8 Å². The lowest BCUT2D eigenvalue weighted by molar-refractivity contribution is -0.124. The molecule has 0 saturated carbocycles. The first-order chi connectivity index (χ1) is 14.4. The first-order valence-electron chi connectivity index (χ1n) is 9.60. The Kier molecular flexibility index (Phi) is 7.83. The summed E-state index contributed by atoms with van der Waals surface area (Å²) in [6.07, 6.45) is 0.351. The predicted octanol–water partition coefficient (Wildman–Crippen LogP) is 2.65. The van der Waals surface area contributed by atoms with Crippen LogP contribution in [0.1, 0.15) is 40.7 Å². The number of hydrogen-bond acceptors (Lipinski definition) is 8. The van der Waals surface area contributed by atoms with Crippen LogP contribution >= 0.6 is 23.1 Å². The molecule has 1 aliphatic rings. The van der Waals surface area contributed by atoms with Crippen molar-refractivity contribution in [2.45, 2.75) is 44.0 Å². The molecule has 1 fully saturated rings. The molecular formula is C20H24N4O4S2. The molecule has 0 aliphatic carbocycles. The van der Waals surface area contributed by atoms with E-state index in [1.165, 1.54) is 0 Å². The van der Waals surface area contributed by atoms with Gasteiger partial charge in [-0.3, -0.25) is 14.9 Å². The second-order valence-corrected chi connectivity index (χ2v) is 8.81. The molecule has 2 amide bonds. The van der Waals surface area contributed by atoms with E-state index >= 15 is 0 Å². The number of aryl methyl sites for hydroxylation is 1. The molecule has 2 unspecified atom stereocenters. The van der Waals surface area contributed by atoms with Gasteiger partial charge in [0.15, 0.2) is 5.13 Å². The molecule has 3 N–H and O–H groups in total. The molecule has 1 aromatic carbocycles. The number of nitrogens with zero attached hydrogens (tertiary/aromatic N) is 1. The van der Waals surface area contributed by atoms with E-state index in [0.29, 0.717) is 15.7 Å². The van der Waals surface area contributed by atoms with Gasteiger partial charge >= 0.3 is 5.97 Å². The van der Waals surface area contributed by atoms with Gasteiger partial charge in [-0.05, 0) is 19.4 Å².